The van der Waals surface area contributed by atoms with Crippen molar-refractivity contribution in [3.05, 3.63) is 42.1 Å². The Morgan fingerprint density at radius 2 is 1.47 bits per heavy atom. The van der Waals surface area contributed by atoms with E-state index in [-0.39, 0.29) is 16.3 Å². The molecule has 0 saturated heterocycles. The first-order valence-corrected chi connectivity index (χ1v) is 18.1. The molecule has 0 aliphatic heterocycles. The number of hydrogen-bond donors (Lipinski definition) is 1. The molecular weight excluding hydrogens is 1050 g/mol. The lowest BCUT2D eigenvalue weighted by Crippen LogP contribution is -2.57. The number of rotatable bonds is 6. The second-order valence-electron chi connectivity index (χ2n) is 10.3. The van der Waals surface area contributed by atoms with Crippen LogP contribution in [0.4, 0.5) is 0 Å². The van der Waals surface area contributed by atoms with Gasteiger partial charge in [-0.15, -0.1) is 0 Å². The summed E-state index contributed by atoms with van der Waals surface area (Å²) in [6, 6.07) is 7.35. The quantitative estimate of drug-likeness (QED) is 0.140. The monoisotopic (exact) mass is 1070 g/mol. The summed E-state index contributed by atoms with van der Waals surface area (Å²) < 4.78 is 49.2. The lowest BCUT2D eigenvalue weighted by atomic mass is 9.44. The second-order valence-corrected chi connectivity index (χ2v) is 17.6. The van der Waals surface area contributed by atoms with E-state index in [4.69, 9.17) is 9.47 Å². The SMILES string of the molecule is O=C(Oc1c(I)cc(I)cc1I)C12CC3CC(CC(COc4cc(I)c(S(=O)(=O)O)c(I)c4)(C3)C1)C2. The lowest BCUT2D eigenvalue weighted by Gasteiger charge is -2.60. The molecule has 4 fully saturated rings. The molecule has 0 heterocycles. The van der Waals surface area contributed by atoms with Crippen molar-refractivity contribution in [2.24, 2.45) is 22.7 Å². The van der Waals surface area contributed by atoms with Crippen molar-refractivity contribution in [3.63, 3.8) is 0 Å². The van der Waals surface area contributed by atoms with Crippen molar-refractivity contribution in [2.75, 3.05) is 6.61 Å². The highest BCUT2D eigenvalue weighted by Gasteiger charge is 2.61. The third kappa shape index (κ3) is 5.70. The Balaban J connectivity index is 1.37. The van der Waals surface area contributed by atoms with E-state index >= 15 is 0 Å². The normalized spacial score (nSPS) is 28.8. The molecule has 2 atom stereocenters. The van der Waals surface area contributed by atoms with Crippen LogP contribution in [0.1, 0.15) is 38.5 Å². The van der Waals surface area contributed by atoms with E-state index in [9.17, 15) is 17.8 Å². The summed E-state index contributed by atoms with van der Waals surface area (Å²) in [6.45, 7) is 0.477. The van der Waals surface area contributed by atoms with Crippen LogP contribution in [0.3, 0.4) is 0 Å². The first-order chi connectivity index (χ1) is 16.8. The Bertz CT molecular complexity index is 1300. The topological polar surface area (TPSA) is 89.9 Å². The summed E-state index contributed by atoms with van der Waals surface area (Å²) in [5, 5.41) is 0. The van der Waals surface area contributed by atoms with Crippen LogP contribution in [0, 0.1) is 40.5 Å². The largest absolute Gasteiger partial charge is 0.493 e. The highest BCUT2D eigenvalue weighted by molar-refractivity contribution is 14.1. The van der Waals surface area contributed by atoms with Crippen LogP contribution >= 0.6 is 113 Å². The maximum atomic E-state index is 13.7. The molecule has 2 aromatic rings. The van der Waals surface area contributed by atoms with E-state index < -0.39 is 15.5 Å². The van der Waals surface area contributed by atoms with Crippen molar-refractivity contribution in [3.8, 4) is 11.5 Å². The van der Waals surface area contributed by atoms with E-state index in [0.29, 0.717) is 37.1 Å². The average molecular weight is 1070 g/mol. The van der Waals surface area contributed by atoms with Gasteiger partial charge in [-0.3, -0.25) is 9.35 Å². The number of ether oxygens (including phenoxy) is 2. The molecule has 12 heteroatoms. The van der Waals surface area contributed by atoms with Gasteiger partial charge in [-0.2, -0.15) is 8.42 Å². The van der Waals surface area contributed by atoms with Crippen molar-refractivity contribution in [1.82, 2.24) is 0 Å². The van der Waals surface area contributed by atoms with Gasteiger partial charge in [0.05, 0.1) is 19.2 Å². The third-order valence-electron chi connectivity index (χ3n) is 7.55. The first kappa shape index (κ1) is 28.8. The van der Waals surface area contributed by atoms with Crippen molar-refractivity contribution < 1.29 is 27.2 Å². The molecule has 4 saturated carbocycles. The smallest absolute Gasteiger partial charge is 0.317 e. The molecule has 2 unspecified atom stereocenters. The van der Waals surface area contributed by atoms with Crippen LogP contribution in [-0.4, -0.2) is 25.5 Å². The Hall–Kier alpha value is 1.27. The van der Waals surface area contributed by atoms with Gasteiger partial charge < -0.3 is 9.47 Å². The Morgan fingerprint density at radius 3 is 2.00 bits per heavy atom. The van der Waals surface area contributed by atoms with Gasteiger partial charge in [0.2, 0.25) is 0 Å². The number of benzene rings is 2. The molecule has 4 bridgehead atoms. The van der Waals surface area contributed by atoms with Crippen LogP contribution in [0.25, 0.3) is 0 Å². The molecule has 0 spiro atoms. The Kier molecular flexibility index (Phi) is 8.47. The third-order valence-corrected chi connectivity index (χ3v) is 13.2. The minimum atomic E-state index is -4.31. The second kappa shape index (κ2) is 10.6. The fourth-order valence-electron chi connectivity index (χ4n) is 6.79. The van der Waals surface area contributed by atoms with E-state index in [2.05, 4.69) is 67.8 Å². The lowest BCUT2D eigenvalue weighted by molar-refractivity contribution is -0.175. The van der Waals surface area contributed by atoms with Gasteiger partial charge in [0.25, 0.3) is 10.1 Å². The van der Waals surface area contributed by atoms with E-state index in [1.165, 1.54) is 0 Å². The van der Waals surface area contributed by atoms with Gasteiger partial charge in [-0.25, -0.2) is 0 Å². The minimum absolute atomic E-state index is 0.0904. The van der Waals surface area contributed by atoms with Crippen LogP contribution in [-0.2, 0) is 14.9 Å². The van der Waals surface area contributed by atoms with Crippen molar-refractivity contribution in [2.45, 2.75) is 43.4 Å². The van der Waals surface area contributed by atoms with E-state index in [1.54, 1.807) is 12.1 Å². The predicted molar refractivity (Wildman–Crippen MR) is 177 cm³/mol. The molecule has 1 N–H and O–H groups in total. The zero-order chi connectivity index (χ0) is 26.0. The number of hydrogen-bond acceptors (Lipinski definition) is 5. The summed E-state index contributed by atoms with van der Waals surface area (Å²) in [5.41, 5.74) is -0.589. The van der Waals surface area contributed by atoms with Crippen LogP contribution < -0.4 is 9.47 Å². The molecular formula is C24H21I5O6S. The molecule has 4 aliphatic rings. The standard InChI is InChI=1S/C24H21I5O6S/c25-14-2-16(26)20(17(27)3-14)35-22(30)24-8-12-1-13(9-24)7-23(6-12,10-24)11-34-15-4-18(28)21(19(29)5-15)36(31,32)33/h2-5,12-13H,1,6-11H2,(H,31,32,33). The zero-order valence-corrected chi connectivity index (χ0v) is 30.3. The van der Waals surface area contributed by atoms with Crippen molar-refractivity contribution in [1.29, 1.82) is 0 Å². The summed E-state index contributed by atoms with van der Waals surface area (Å²) in [7, 11) is -4.31. The highest BCUT2D eigenvalue weighted by atomic mass is 127. The summed E-state index contributed by atoms with van der Waals surface area (Å²) in [5.74, 6) is 2.09. The molecule has 0 radical (unpaired) electrons. The fourth-order valence-corrected chi connectivity index (χ4v) is 14.6. The maximum Gasteiger partial charge on any atom is 0.317 e. The van der Waals surface area contributed by atoms with Gasteiger partial charge in [-0.1, -0.05) is 0 Å². The van der Waals surface area contributed by atoms with E-state index in [1.807, 2.05) is 57.3 Å². The molecule has 4 aliphatic carbocycles. The molecule has 2 aromatic carbocycles. The molecule has 6 rings (SSSR count). The minimum Gasteiger partial charge on any atom is -0.493 e. The number of carbonyl (C=O) groups is 1. The Morgan fingerprint density at radius 1 is 0.917 bits per heavy atom. The molecule has 36 heavy (non-hydrogen) atoms. The number of esters is 1. The summed E-state index contributed by atoms with van der Waals surface area (Å²) in [4.78, 5) is 13.6. The van der Waals surface area contributed by atoms with Gasteiger partial charge in [0.15, 0.2) is 5.75 Å². The van der Waals surface area contributed by atoms with Gasteiger partial charge >= 0.3 is 5.97 Å². The van der Waals surface area contributed by atoms with E-state index in [0.717, 1.165) is 49.2 Å². The number of carbonyl (C=O) groups excluding carboxylic acids is 1. The fraction of sp³-hybridized carbons (Fsp3) is 0.458. The van der Waals surface area contributed by atoms with Crippen molar-refractivity contribution >= 4 is 129 Å². The van der Waals surface area contributed by atoms with Gasteiger partial charge in [0.1, 0.15) is 10.6 Å². The zero-order valence-electron chi connectivity index (χ0n) is 18.7. The maximum absolute atomic E-state index is 13.7. The van der Waals surface area contributed by atoms with Crippen LogP contribution in [0.5, 0.6) is 11.5 Å². The summed E-state index contributed by atoms with van der Waals surface area (Å²) >= 11 is 10.6. The molecule has 0 amide bonds. The molecule has 6 nitrogen and oxygen atoms in total. The molecule has 194 valence electrons. The highest BCUT2D eigenvalue weighted by Crippen LogP contribution is 2.65. The van der Waals surface area contributed by atoms with Crippen LogP contribution in [0.2, 0.25) is 0 Å². The van der Waals surface area contributed by atoms with Gasteiger partial charge in [0, 0.05) is 16.1 Å². The first-order valence-electron chi connectivity index (χ1n) is 11.3. The Labute approximate surface area is 278 Å². The van der Waals surface area contributed by atoms with Crippen LogP contribution in [0.15, 0.2) is 29.2 Å². The van der Waals surface area contributed by atoms with Gasteiger partial charge in [-0.05, 0) is 188 Å². The predicted octanol–water partition coefficient (Wildman–Crippen LogP) is 7.53. The number of halogens is 5. The average Bonchev–Trinajstić information content (AvgIpc) is 2.72. The molecule has 0 aromatic heterocycles. The summed E-state index contributed by atoms with van der Waals surface area (Å²) in [6.07, 6.45) is 5.73.